The van der Waals surface area contributed by atoms with Crippen LogP contribution in [0.3, 0.4) is 0 Å². The quantitative estimate of drug-likeness (QED) is 0.914. The Morgan fingerprint density at radius 1 is 1.46 bits per heavy atom. The fourth-order valence-corrected chi connectivity index (χ4v) is 2.28. The van der Waals surface area contributed by atoms with Crippen molar-refractivity contribution in [1.82, 2.24) is 14.9 Å². The molecule has 0 aliphatic heterocycles. The molecule has 0 radical (unpaired) electrons. The maximum atomic E-state index is 3.68. The molecule has 68 valence electrons. The summed E-state index contributed by atoms with van der Waals surface area (Å²) >= 11 is 5.11. The molecule has 0 fully saturated rings. The highest BCUT2D eigenvalue weighted by atomic mass is 79.9. The highest BCUT2D eigenvalue weighted by Gasteiger charge is 1.96. The Balaban J connectivity index is 1.93. The molecule has 2 heterocycles. The zero-order chi connectivity index (χ0) is 9.10. The van der Waals surface area contributed by atoms with Crippen LogP contribution in [0.15, 0.2) is 28.6 Å². The molecule has 6 heteroatoms. The summed E-state index contributed by atoms with van der Waals surface area (Å²) in [5.74, 6) is 0. The van der Waals surface area contributed by atoms with E-state index in [1.165, 1.54) is 4.88 Å². The van der Waals surface area contributed by atoms with Gasteiger partial charge in [0.15, 0.2) is 0 Å². The molecular formula is C7H7BrN4S. The van der Waals surface area contributed by atoms with Gasteiger partial charge in [0.25, 0.3) is 0 Å². The van der Waals surface area contributed by atoms with Crippen LogP contribution in [0.1, 0.15) is 4.88 Å². The van der Waals surface area contributed by atoms with E-state index < -0.39 is 0 Å². The summed E-state index contributed by atoms with van der Waals surface area (Å²) in [7, 11) is 0. The van der Waals surface area contributed by atoms with Crippen LogP contribution in [0.5, 0.6) is 0 Å². The molecule has 0 aliphatic rings. The van der Waals surface area contributed by atoms with Gasteiger partial charge in [-0.2, -0.15) is 0 Å². The molecule has 13 heavy (non-hydrogen) atoms. The van der Waals surface area contributed by atoms with Gasteiger partial charge in [-0.1, -0.05) is 0 Å². The summed E-state index contributed by atoms with van der Waals surface area (Å²) in [5.41, 5.74) is 3.14. The largest absolute Gasteiger partial charge is 0.318 e. The first kappa shape index (κ1) is 8.71. The molecule has 0 unspecified atom stereocenters. The lowest BCUT2D eigenvalue weighted by Gasteiger charge is -2.02. The van der Waals surface area contributed by atoms with E-state index in [-0.39, 0.29) is 0 Å². The van der Waals surface area contributed by atoms with Gasteiger partial charge in [-0.05, 0) is 22.0 Å². The van der Waals surface area contributed by atoms with Crippen LogP contribution in [0, 0.1) is 0 Å². The molecule has 0 saturated carbocycles. The second-order valence-electron chi connectivity index (χ2n) is 2.44. The maximum Gasteiger partial charge on any atom is 0.138 e. The summed E-state index contributed by atoms with van der Waals surface area (Å²) in [6.07, 6.45) is 3.26. The molecule has 0 aliphatic carbocycles. The van der Waals surface area contributed by atoms with E-state index in [4.69, 9.17) is 0 Å². The van der Waals surface area contributed by atoms with Crippen molar-refractivity contribution in [3.05, 3.63) is 33.5 Å². The Hall–Kier alpha value is -0.880. The van der Waals surface area contributed by atoms with Gasteiger partial charge in [0.1, 0.15) is 12.7 Å². The number of hydrogen-bond acceptors (Lipinski definition) is 4. The molecule has 4 nitrogen and oxygen atoms in total. The van der Waals surface area contributed by atoms with Crippen molar-refractivity contribution in [3.63, 3.8) is 0 Å². The normalized spacial score (nSPS) is 10.2. The summed E-state index contributed by atoms with van der Waals surface area (Å²) in [6, 6.07) is 2.09. The Labute approximate surface area is 87.7 Å². The molecule has 1 N–H and O–H groups in total. The number of hydrogen-bond donors (Lipinski definition) is 1. The van der Waals surface area contributed by atoms with Crippen molar-refractivity contribution in [2.45, 2.75) is 6.54 Å². The molecule has 0 aromatic carbocycles. The molecule has 0 saturated heterocycles. The molecular weight excluding hydrogens is 252 g/mol. The van der Waals surface area contributed by atoms with Crippen molar-refractivity contribution in [1.29, 1.82) is 0 Å². The van der Waals surface area contributed by atoms with Crippen molar-refractivity contribution < 1.29 is 0 Å². The lowest BCUT2D eigenvalue weighted by Crippen LogP contribution is -2.10. The van der Waals surface area contributed by atoms with Gasteiger partial charge in [0, 0.05) is 14.7 Å². The van der Waals surface area contributed by atoms with Gasteiger partial charge in [0.2, 0.25) is 0 Å². The third kappa shape index (κ3) is 2.28. The summed E-state index contributed by atoms with van der Waals surface area (Å²) in [4.78, 5) is 1.26. The topological polar surface area (TPSA) is 42.7 Å². The van der Waals surface area contributed by atoms with Crippen LogP contribution in [0.2, 0.25) is 0 Å². The SMILES string of the molecule is Brc1csc(CNn2cnnc2)c1. The van der Waals surface area contributed by atoms with Crippen molar-refractivity contribution in [2.75, 3.05) is 5.43 Å². The molecule has 2 aromatic rings. The van der Waals surface area contributed by atoms with E-state index in [1.54, 1.807) is 28.7 Å². The molecule has 0 atom stereocenters. The second-order valence-corrected chi connectivity index (χ2v) is 4.35. The highest BCUT2D eigenvalue weighted by Crippen LogP contribution is 2.19. The lowest BCUT2D eigenvalue weighted by atomic mass is 10.5. The van der Waals surface area contributed by atoms with Gasteiger partial charge >= 0.3 is 0 Å². The summed E-state index contributed by atoms with van der Waals surface area (Å²) in [5, 5.41) is 9.43. The summed E-state index contributed by atoms with van der Waals surface area (Å²) < 4.78 is 2.85. The fraction of sp³-hybridized carbons (Fsp3) is 0.143. The number of nitrogens with zero attached hydrogens (tertiary/aromatic N) is 3. The Morgan fingerprint density at radius 2 is 2.23 bits per heavy atom. The van der Waals surface area contributed by atoms with E-state index in [0.717, 1.165) is 11.0 Å². The van der Waals surface area contributed by atoms with Crippen LogP contribution in [0.4, 0.5) is 0 Å². The van der Waals surface area contributed by atoms with Crippen LogP contribution in [-0.4, -0.2) is 14.9 Å². The monoisotopic (exact) mass is 258 g/mol. The third-order valence-electron chi connectivity index (χ3n) is 1.48. The van der Waals surface area contributed by atoms with E-state index >= 15 is 0 Å². The van der Waals surface area contributed by atoms with Crippen LogP contribution in [-0.2, 0) is 6.54 Å². The fourth-order valence-electron chi connectivity index (χ4n) is 0.898. The predicted octanol–water partition coefficient (Wildman–Crippen LogP) is 1.85. The Bertz CT molecular complexity index is 370. The smallest absolute Gasteiger partial charge is 0.138 e. The Kier molecular flexibility index (Phi) is 2.60. The van der Waals surface area contributed by atoms with Gasteiger partial charge in [-0.25, -0.2) is 4.68 Å². The van der Waals surface area contributed by atoms with E-state index in [0.29, 0.717) is 0 Å². The average Bonchev–Trinajstić information content (AvgIpc) is 2.71. The first-order valence-corrected chi connectivity index (χ1v) is 5.33. The third-order valence-corrected chi connectivity index (χ3v) is 3.17. The first-order chi connectivity index (χ1) is 6.34. The molecule has 0 amide bonds. The van der Waals surface area contributed by atoms with Crippen molar-refractivity contribution in [3.8, 4) is 0 Å². The Morgan fingerprint density at radius 3 is 2.85 bits per heavy atom. The van der Waals surface area contributed by atoms with Crippen molar-refractivity contribution >= 4 is 27.3 Å². The maximum absolute atomic E-state index is 3.68. The van der Waals surface area contributed by atoms with Gasteiger partial charge in [0.05, 0.1) is 6.54 Å². The van der Waals surface area contributed by atoms with Gasteiger partial charge in [-0.15, -0.1) is 21.5 Å². The highest BCUT2D eigenvalue weighted by molar-refractivity contribution is 9.10. The average molecular weight is 259 g/mol. The minimum Gasteiger partial charge on any atom is -0.318 e. The minimum atomic E-state index is 0.786. The first-order valence-electron chi connectivity index (χ1n) is 3.66. The number of nitrogens with one attached hydrogen (secondary N) is 1. The second kappa shape index (κ2) is 3.89. The van der Waals surface area contributed by atoms with Crippen molar-refractivity contribution in [2.24, 2.45) is 0 Å². The van der Waals surface area contributed by atoms with E-state index in [2.05, 4.69) is 43.0 Å². The molecule has 2 aromatic heterocycles. The minimum absolute atomic E-state index is 0.786. The zero-order valence-electron chi connectivity index (χ0n) is 6.64. The number of rotatable bonds is 3. The van der Waals surface area contributed by atoms with E-state index in [1.807, 2.05) is 0 Å². The van der Waals surface area contributed by atoms with Crippen LogP contribution < -0.4 is 5.43 Å². The van der Waals surface area contributed by atoms with E-state index in [9.17, 15) is 0 Å². The number of halogens is 1. The summed E-state index contributed by atoms with van der Waals surface area (Å²) in [6.45, 7) is 0.786. The van der Waals surface area contributed by atoms with Gasteiger partial charge in [-0.3, -0.25) is 0 Å². The lowest BCUT2D eigenvalue weighted by molar-refractivity contribution is 0.843. The molecule has 0 spiro atoms. The predicted molar refractivity (Wildman–Crippen MR) is 55.1 cm³/mol. The van der Waals surface area contributed by atoms with Gasteiger partial charge < -0.3 is 5.43 Å². The molecule has 2 rings (SSSR count). The van der Waals surface area contributed by atoms with Crippen LogP contribution >= 0.6 is 27.3 Å². The molecule has 0 bridgehead atoms. The van der Waals surface area contributed by atoms with Crippen LogP contribution in [0.25, 0.3) is 0 Å². The standard InChI is InChI=1S/C7H7BrN4S/c8-6-1-7(13-3-6)2-11-12-4-9-10-5-12/h1,3-5,11H,2H2. The number of thiophene rings is 1. The number of aromatic nitrogens is 3. The zero-order valence-corrected chi connectivity index (χ0v) is 9.05.